The van der Waals surface area contributed by atoms with E-state index in [2.05, 4.69) is 5.32 Å². The largest absolute Gasteiger partial charge is 0.363 e. The summed E-state index contributed by atoms with van der Waals surface area (Å²) in [7, 11) is 2.65. The Morgan fingerprint density at radius 1 is 1.25 bits per heavy atom. The Morgan fingerprint density at radius 2 is 1.92 bits per heavy atom. The number of nitrogens with one attached hydrogen (secondary N) is 1. The van der Waals surface area contributed by atoms with Crippen LogP contribution in [0.1, 0.15) is 30.5 Å². The van der Waals surface area contributed by atoms with Gasteiger partial charge in [-0.3, -0.25) is 13.9 Å². The summed E-state index contributed by atoms with van der Waals surface area (Å²) in [6.07, 6.45) is 0.342. The van der Waals surface area contributed by atoms with E-state index in [1.807, 2.05) is 0 Å². The smallest absolute Gasteiger partial charge is 0.332 e. The molecule has 6 nitrogen and oxygen atoms in total. The number of nitriles is 1. The van der Waals surface area contributed by atoms with Gasteiger partial charge in [0.1, 0.15) is 23.5 Å². The highest BCUT2D eigenvalue weighted by Gasteiger charge is 2.21. The first-order valence-electron chi connectivity index (χ1n) is 7.23. The van der Waals surface area contributed by atoms with Crippen LogP contribution in [0.2, 0.25) is 0 Å². The molecule has 1 unspecified atom stereocenters. The number of benzene rings is 1. The number of halogens is 2. The molecule has 1 atom stereocenters. The standard InChI is InChI=1S/C16H16F2N4O2/c1-4-13(10-7-9(17)5-6-12(10)18)20-14-11(8-19)15(23)22(3)16(24)21(14)2/h5-7,13,20H,4H2,1-3H3. The third kappa shape index (κ3) is 2.93. The number of aromatic nitrogens is 2. The topological polar surface area (TPSA) is 79.8 Å². The molecular weight excluding hydrogens is 318 g/mol. The lowest BCUT2D eigenvalue weighted by atomic mass is 10.0. The van der Waals surface area contributed by atoms with E-state index in [0.29, 0.717) is 6.42 Å². The zero-order chi connectivity index (χ0) is 18.0. The van der Waals surface area contributed by atoms with Crippen molar-refractivity contribution in [3.05, 3.63) is 61.8 Å². The molecule has 0 aliphatic heterocycles. The summed E-state index contributed by atoms with van der Waals surface area (Å²) in [4.78, 5) is 24.1. The first-order valence-corrected chi connectivity index (χ1v) is 7.23. The van der Waals surface area contributed by atoms with Crippen LogP contribution in [0, 0.1) is 23.0 Å². The number of rotatable bonds is 4. The zero-order valence-electron chi connectivity index (χ0n) is 13.4. The summed E-state index contributed by atoms with van der Waals surface area (Å²) in [5, 5.41) is 12.1. The number of hydrogen-bond acceptors (Lipinski definition) is 4. The van der Waals surface area contributed by atoms with Crippen molar-refractivity contribution in [1.82, 2.24) is 9.13 Å². The third-order valence-electron chi connectivity index (χ3n) is 3.83. The van der Waals surface area contributed by atoms with Crippen LogP contribution in [0.15, 0.2) is 27.8 Å². The second kappa shape index (κ2) is 6.66. The molecule has 24 heavy (non-hydrogen) atoms. The molecule has 8 heteroatoms. The van der Waals surface area contributed by atoms with Crippen molar-refractivity contribution in [3.63, 3.8) is 0 Å². The Balaban J connectivity index is 2.61. The van der Waals surface area contributed by atoms with Crippen LogP contribution in [0.3, 0.4) is 0 Å². The van der Waals surface area contributed by atoms with Crippen LogP contribution in [0.5, 0.6) is 0 Å². The van der Waals surface area contributed by atoms with Crippen molar-refractivity contribution >= 4 is 5.82 Å². The molecule has 1 N–H and O–H groups in total. The molecule has 0 aliphatic rings. The molecule has 0 saturated carbocycles. The van der Waals surface area contributed by atoms with Crippen LogP contribution in [-0.4, -0.2) is 9.13 Å². The molecule has 1 aromatic carbocycles. The van der Waals surface area contributed by atoms with E-state index in [-0.39, 0.29) is 16.9 Å². The second-order valence-corrected chi connectivity index (χ2v) is 5.31. The zero-order valence-corrected chi connectivity index (χ0v) is 13.4. The van der Waals surface area contributed by atoms with E-state index < -0.39 is 28.9 Å². The molecule has 1 heterocycles. The molecule has 126 valence electrons. The van der Waals surface area contributed by atoms with Crippen LogP contribution >= 0.6 is 0 Å². The molecular formula is C16H16F2N4O2. The number of nitrogens with zero attached hydrogens (tertiary/aromatic N) is 3. The molecule has 0 aliphatic carbocycles. The predicted octanol–water partition coefficient (Wildman–Crippen LogP) is 1.80. The van der Waals surface area contributed by atoms with E-state index in [1.165, 1.54) is 14.1 Å². The fourth-order valence-electron chi connectivity index (χ4n) is 2.46. The molecule has 0 fully saturated rings. The van der Waals surface area contributed by atoms with Crippen molar-refractivity contribution in [2.75, 3.05) is 5.32 Å². The minimum Gasteiger partial charge on any atom is -0.363 e. The van der Waals surface area contributed by atoms with Gasteiger partial charge in [0.25, 0.3) is 5.56 Å². The second-order valence-electron chi connectivity index (χ2n) is 5.31. The summed E-state index contributed by atoms with van der Waals surface area (Å²) < 4.78 is 29.4. The molecule has 0 bridgehead atoms. The van der Waals surface area contributed by atoms with Crippen molar-refractivity contribution < 1.29 is 8.78 Å². The van der Waals surface area contributed by atoms with Crippen molar-refractivity contribution in [2.45, 2.75) is 19.4 Å². The summed E-state index contributed by atoms with van der Waals surface area (Å²) in [6, 6.07) is 4.09. The Hall–Kier alpha value is -2.95. The van der Waals surface area contributed by atoms with Gasteiger partial charge >= 0.3 is 5.69 Å². The van der Waals surface area contributed by atoms with Crippen LogP contribution in [0.4, 0.5) is 14.6 Å². The quantitative estimate of drug-likeness (QED) is 0.924. The summed E-state index contributed by atoms with van der Waals surface area (Å²) in [5.74, 6) is -1.26. The minimum atomic E-state index is -0.752. The highest BCUT2D eigenvalue weighted by molar-refractivity contribution is 5.52. The SMILES string of the molecule is CCC(Nc1c(C#N)c(=O)n(C)c(=O)n1C)c1cc(F)ccc1F. The first kappa shape index (κ1) is 17.4. The van der Waals surface area contributed by atoms with Gasteiger partial charge in [-0.15, -0.1) is 0 Å². The lowest BCUT2D eigenvalue weighted by Crippen LogP contribution is -2.40. The normalized spacial score (nSPS) is 11.8. The van der Waals surface area contributed by atoms with Gasteiger partial charge in [-0.05, 0) is 24.6 Å². The Morgan fingerprint density at radius 3 is 2.50 bits per heavy atom. The number of hydrogen-bond donors (Lipinski definition) is 1. The Bertz CT molecular complexity index is 941. The van der Waals surface area contributed by atoms with E-state index >= 15 is 0 Å². The van der Waals surface area contributed by atoms with Gasteiger partial charge in [0.15, 0.2) is 5.56 Å². The lowest BCUT2D eigenvalue weighted by molar-refractivity contribution is 0.564. The molecule has 0 radical (unpaired) electrons. The summed E-state index contributed by atoms with van der Waals surface area (Å²) >= 11 is 0. The van der Waals surface area contributed by atoms with Gasteiger partial charge in [-0.1, -0.05) is 6.92 Å². The number of anilines is 1. The third-order valence-corrected chi connectivity index (χ3v) is 3.83. The Labute approximate surface area is 136 Å². The van der Waals surface area contributed by atoms with Gasteiger partial charge in [0.2, 0.25) is 0 Å². The van der Waals surface area contributed by atoms with Crippen LogP contribution in [0.25, 0.3) is 0 Å². The van der Waals surface area contributed by atoms with Crippen LogP contribution < -0.4 is 16.6 Å². The maximum Gasteiger partial charge on any atom is 0.332 e. The highest BCUT2D eigenvalue weighted by atomic mass is 19.1. The molecule has 2 aromatic rings. The first-order chi connectivity index (χ1) is 11.3. The Kier molecular flexibility index (Phi) is 4.83. The fraction of sp³-hybridized carbons (Fsp3) is 0.312. The molecule has 0 saturated heterocycles. The van der Waals surface area contributed by atoms with E-state index in [9.17, 15) is 23.6 Å². The monoisotopic (exact) mass is 334 g/mol. The molecule has 0 amide bonds. The van der Waals surface area contributed by atoms with E-state index in [0.717, 1.165) is 27.3 Å². The lowest BCUT2D eigenvalue weighted by Gasteiger charge is -2.22. The van der Waals surface area contributed by atoms with Crippen molar-refractivity contribution in [3.8, 4) is 6.07 Å². The predicted molar refractivity (Wildman–Crippen MR) is 84.7 cm³/mol. The van der Waals surface area contributed by atoms with Crippen molar-refractivity contribution in [1.29, 1.82) is 5.26 Å². The summed E-state index contributed by atoms with van der Waals surface area (Å²) in [6.45, 7) is 1.73. The maximum absolute atomic E-state index is 14.0. The van der Waals surface area contributed by atoms with Gasteiger partial charge in [-0.2, -0.15) is 5.26 Å². The van der Waals surface area contributed by atoms with Gasteiger partial charge in [0.05, 0.1) is 6.04 Å². The van der Waals surface area contributed by atoms with Gasteiger partial charge < -0.3 is 5.32 Å². The van der Waals surface area contributed by atoms with Crippen LogP contribution in [-0.2, 0) is 14.1 Å². The maximum atomic E-state index is 14.0. The fourth-order valence-corrected chi connectivity index (χ4v) is 2.46. The highest BCUT2D eigenvalue weighted by Crippen LogP contribution is 2.25. The van der Waals surface area contributed by atoms with Gasteiger partial charge in [-0.25, -0.2) is 13.6 Å². The molecule has 1 aromatic heterocycles. The minimum absolute atomic E-state index is 0.0267. The molecule has 2 rings (SSSR count). The van der Waals surface area contributed by atoms with Gasteiger partial charge in [0, 0.05) is 19.7 Å². The van der Waals surface area contributed by atoms with E-state index in [4.69, 9.17) is 0 Å². The average molecular weight is 334 g/mol. The summed E-state index contributed by atoms with van der Waals surface area (Å²) in [5.41, 5.74) is -1.60. The molecule has 0 spiro atoms. The van der Waals surface area contributed by atoms with Crippen molar-refractivity contribution in [2.24, 2.45) is 14.1 Å². The average Bonchev–Trinajstić information content (AvgIpc) is 2.57. The van der Waals surface area contributed by atoms with E-state index in [1.54, 1.807) is 13.0 Å².